The van der Waals surface area contributed by atoms with Gasteiger partial charge in [-0.15, -0.1) is 6.42 Å². The second-order valence-electron chi connectivity index (χ2n) is 7.63. The number of halogens is 1. The number of hydrogen-bond acceptors (Lipinski definition) is 7. The molecule has 3 heterocycles. The van der Waals surface area contributed by atoms with E-state index in [1.165, 1.54) is 14.2 Å². The zero-order valence-electron chi connectivity index (χ0n) is 18.4. The van der Waals surface area contributed by atoms with Crippen molar-refractivity contribution in [1.82, 2.24) is 20.3 Å². The van der Waals surface area contributed by atoms with Crippen LogP contribution < -0.4 is 19.7 Å². The van der Waals surface area contributed by atoms with E-state index in [4.69, 9.17) is 15.9 Å². The van der Waals surface area contributed by atoms with Crippen LogP contribution in [0.25, 0.3) is 32.9 Å². The molecule has 0 spiro atoms. The Morgan fingerprint density at radius 2 is 1.76 bits per heavy atom. The Hall–Kier alpha value is -3.96. The molecule has 5 rings (SSSR count). The third-order valence-corrected chi connectivity index (χ3v) is 5.82. The molecule has 1 aliphatic rings. The normalized spacial score (nSPS) is 13.8. The molecule has 0 radical (unpaired) electrons. The van der Waals surface area contributed by atoms with Gasteiger partial charge in [0.15, 0.2) is 5.82 Å². The van der Waals surface area contributed by atoms with Gasteiger partial charge in [0.2, 0.25) is 5.88 Å². The number of aromatic nitrogens is 3. The van der Waals surface area contributed by atoms with Crippen molar-refractivity contribution < 1.29 is 13.9 Å². The topological polar surface area (TPSA) is 72.4 Å². The maximum atomic E-state index is 16.2. The van der Waals surface area contributed by atoms with Crippen molar-refractivity contribution in [1.29, 1.82) is 0 Å². The maximum absolute atomic E-state index is 16.2. The number of ether oxygens (including phenoxy) is 2. The maximum Gasteiger partial charge on any atom is 0.318 e. The summed E-state index contributed by atoms with van der Waals surface area (Å²) in [5.74, 6) is 2.90. The van der Waals surface area contributed by atoms with Crippen LogP contribution >= 0.6 is 0 Å². The monoisotopic (exact) mass is 443 g/mol. The summed E-state index contributed by atoms with van der Waals surface area (Å²) >= 11 is 0. The van der Waals surface area contributed by atoms with Gasteiger partial charge in [-0.1, -0.05) is 36.3 Å². The second kappa shape index (κ2) is 8.52. The number of nitrogens with one attached hydrogen (secondary N) is 1. The largest absolute Gasteiger partial charge is 0.480 e. The second-order valence-corrected chi connectivity index (χ2v) is 7.63. The summed E-state index contributed by atoms with van der Waals surface area (Å²) < 4.78 is 27.1. The summed E-state index contributed by atoms with van der Waals surface area (Å²) in [4.78, 5) is 15.5. The van der Waals surface area contributed by atoms with E-state index in [9.17, 15) is 0 Å². The van der Waals surface area contributed by atoms with Crippen molar-refractivity contribution in [3.05, 3.63) is 47.8 Å². The lowest BCUT2D eigenvalue weighted by atomic mass is 9.96. The van der Waals surface area contributed by atoms with E-state index in [1.54, 1.807) is 6.07 Å². The number of anilines is 1. The molecule has 1 fully saturated rings. The first kappa shape index (κ1) is 20.9. The molecule has 0 atom stereocenters. The van der Waals surface area contributed by atoms with Gasteiger partial charge >= 0.3 is 6.01 Å². The van der Waals surface area contributed by atoms with E-state index in [0.717, 1.165) is 23.9 Å². The molecular formula is C25H22FN5O2. The Morgan fingerprint density at radius 3 is 2.45 bits per heavy atom. The highest BCUT2D eigenvalue weighted by Gasteiger charge is 2.26. The number of benzene rings is 2. The molecule has 166 valence electrons. The van der Waals surface area contributed by atoms with E-state index in [1.807, 2.05) is 30.3 Å². The molecule has 0 aliphatic carbocycles. The number of piperazine rings is 1. The highest BCUT2D eigenvalue weighted by Crippen LogP contribution is 2.40. The smallest absolute Gasteiger partial charge is 0.318 e. The fourth-order valence-corrected chi connectivity index (χ4v) is 4.28. The van der Waals surface area contributed by atoms with Crippen LogP contribution in [0.15, 0.2) is 36.4 Å². The van der Waals surface area contributed by atoms with E-state index in [0.29, 0.717) is 35.4 Å². The van der Waals surface area contributed by atoms with Crippen LogP contribution in [0.5, 0.6) is 11.9 Å². The Labute approximate surface area is 190 Å². The van der Waals surface area contributed by atoms with Crippen LogP contribution in [0.2, 0.25) is 0 Å². The molecule has 2 aromatic heterocycles. The summed E-state index contributed by atoms with van der Waals surface area (Å²) in [7, 11) is 2.97. The van der Waals surface area contributed by atoms with E-state index in [2.05, 4.69) is 31.1 Å². The summed E-state index contributed by atoms with van der Waals surface area (Å²) in [6.07, 6.45) is 5.75. The Bertz CT molecular complexity index is 1400. The van der Waals surface area contributed by atoms with Crippen LogP contribution in [0.3, 0.4) is 0 Å². The molecule has 0 bridgehead atoms. The van der Waals surface area contributed by atoms with E-state index < -0.39 is 5.82 Å². The predicted octanol–water partition coefficient (Wildman–Crippen LogP) is 3.39. The number of terminal acetylenes is 1. The first-order valence-electron chi connectivity index (χ1n) is 10.6. The van der Waals surface area contributed by atoms with Crippen molar-refractivity contribution in [2.24, 2.45) is 0 Å². The number of methoxy groups -OCH3 is 2. The zero-order valence-corrected chi connectivity index (χ0v) is 18.4. The van der Waals surface area contributed by atoms with Gasteiger partial charge in [0.05, 0.1) is 14.2 Å². The minimum atomic E-state index is -0.581. The van der Waals surface area contributed by atoms with Gasteiger partial charge in [0.1, 0.15) is 22.4 Å². The lowest BCUT2D eigenvalue weighted by Gasteiger charge is -2.29. The first-order valence-corrected chi connectivity index (χ1v) is 10.6. The quantitative estimate of drug-likeness (QED) is 0.485. The van der Waals surface area contributed by atoms with Crippen LogP contribution in [-0.2, 0) is 0 Å². The number of nitrogens with zero attached hydrogens (tertiary/aromatic N) is 4. The first-order chi connectivity index (χ1) is 16.2. The van der Waals surface area contributed by atoms with Crippen LogP contribution in [-0.4, -0.2) is 55.4 Å². The van der Waals surface area contributed by atoms with Crippen molar-refractivity contribution in [3.8, 4) is 35.5 Å². The number of pyridine rings is 1. The molecule has 0 unspecified atom stereocenters. The molecular weight excluding hydrogens is 421 g/mol. The third kappa shape index (κ3) is 3.47. The third-order valence-electron chi connectivity index (χ3n) is 5.82. The van der Waals surface area contributed by atoms with E-state index in [-0.39, 0.29) is 23.1 Å². The van der Waals surface area contributed by atoms with E-state index >= 15 is 4.39 Å². The summed E-state index contributed by atoms with van der Waals surface area (Å²) in [6.45, 7) is 2.98. The van der Waals surface area contributed by atoms with Crippen LogP contribution in [0.4, 0.5) is 10.2 Å². The van der Waals surface area contributed by atoms with Crippen LogP contribution in [0, 0.1) is 18.2 Å². The fourth-order valence-electron chi connectivity index (χ4n) is 4.28. The number of hydrogen-bond donors (Lipinski definition) is 1. The Balaban J connectivity index is 1.85. The molecule has 7 nitrogen and oxygen atoms in total. The number of rotatable bonds is 4. The minimum Gasteiger partial charge on any atom is -0.480 e. The van der Waals surface area contributed by atoms with Gasteiger partial charge in [-0.25, -0.2) is 9.37 Å². The van der Waals surface area contributed by atoms with Crippen molar-refractivity contribution in [2.75, 3.05) is 45.3 Å². The molecule has 2 aromatic carbocycles. The van der Waals surface area contributed by atoms with Crippen molar-refractivity contribution in [2.45, 2.75) is 0 Å². The minimum absolute atomic E-state index is 0.0800. The predicted molar refractivity (Wildman–Crippen MR) is 126 cm³/mol. The Kier molecular flexibility index (Phi) is 5.40. The molecule has 1 aliphatic heterocycles. The van der Waals surface area contributed by atoms with Gasteiger partial charge in [0.25, 0.3) is 0 Å². The molecule has 33 heavy (non-hydrogen) atoms. The standard InChI is InChI=1S/C25H22FN5O2/c1-4-15-7-5-8-16-9-6-10-17(18(15)16)21-20(26)22-19(24(28-21)32-2)23(30-25(29-22)33-3)31-13-11-27-12-14-31/h1,5-10,27H,11-14H2,2-3H3. The average Bonchev–Trinajstić information content (AvgIpc) is 2.88. The van der Waals surface area contributed by atoms with Crippen molar-refractivity contribution >= 4 is 27.5 Å². The summed E-state index contributed by atoms with van der Waals surface area (Å²) in [5.41, 5.74) is 1.43. The highest BCUT2D eigenvalue weighted by atomic mass is 19.1. The lowest BCUT2D eigenvalue weighted by Crippen LogP contribution is -2.44. The molecule has 0 amide bonds. The van der Waals surface area contributed by atoms with Gasteiger partial charge in [-0.3, -0.25) is 0 Å². The lowest BCUT2D eigenvalue weighted by molar-refractivity contribution is 0.379. The summed E-state index contributed by atoms with van der Waals surface area (Å²) in [6, 6.07) is 11.3. The summed E-state index contributed by atoms with van der Waals surface area (Å²) in [5, 5.41) is 5.36. The van der Waals surface area contributed by atoms with Crippen LogP contribution in [0.1, 0.15) is 5.56 Å². The van der Waals surface area contributed by atoms with Gasteiger partial charge in [-0.2, -0.15) is 9.97 Å². The highest BCUT2D eigenvalue weighted by molar-refractivity contribution is 6.03. The van der Waals surface area contributed by atoms with Gasteiger partial charge in [0, 0.05) is 42.7 Å². The molecule has 1 N–H and O–H groups in total. The van der Waals surface area contributed by atoms with Gasteiger partial charge in [-0.05, 0) is 11.5 Å². The molecule has 4 aromatic rings. The molecule has 8 heteroatoms. The van der Waals surface area contributed by atoms with Crippen molar-refractivity contribution in [3.63, 3.8) is 0 Å². The van der Waals surface area contributed by atoms with Gasteiger partial charge < -0.3 is 19.7 Å². The number of fused-ring (bicyclic) bond motifs is 2. The zero-order chi connectivity index (χ0) is 22.9. The fraction of sp³-hybridized carbons (Fsp3) is 0.240. The Morgan fingerprint density at radius 1 is 1.00 bits per heavy atom. The molecule has 0 saturated carbocycles. The molecule has 1 saturated heterocycles. The SMILES string of the molecule is C#Cc1cccc2cccc(-c3nc(OC)c4c(N5CCNCC5)nc(OC)nc4c3F)c12. The average molecular weight is 443 g/mol.